The number of benzene rings is 2. The second-order valence-corrected chi connectivity index (χ2v) is 10.8. The summed E-state index contributed by atoms with van der Waals surface area (Å²) in [7, 11) is 0. The van der Waals surface area contributed by atoms with Crippen LogP contribution in [0.2, 0.25) is 5.02 Å². The maximum absolute atomic E-state index is 14.1. The van der Waals surface area contributed by atoms with Gasteiger partial charge in [-0.25, -0.2) is 18.6 Å². The van der Waals surface area contributed by atoms with Gasteiger partial charge in [0.05, 0.1) is 24.2 Å². The highest BCUT2D eigenvalue weighted by atomic mass is 35.5. The Balaban J connectivity index is 1.19. The SMILES string of the molecule is O=C(Nc1ccc(Cl)cc1)NC1CCC(Nc2cc(-n3c(C(F)F)nc4ccccc43)nc(N3CCOCC3)n2)CC1. The highest BCUT2D eigenvalue weighted by Gasteiger charge is 2.26. The molecule has 10 nitrogen and oxygen atoms in total. The predicted octanol–water partition coefficient (Wildman–Crippen LogP) is 5.79. The lowest BCUT2D eigenvalue weighted by Crippen LogP contribution is -2.42. The molecule has 220 valence electrons. The number of fused-ring (bicyclic) bond motifs is 1. The molecule has 0 unspecified atom stereocenters. The fourth-order valence-electron chi connectivity index (χ4n) is 5.42. The van der Waals surface area contributed by atoms with Gasteiger partial charge in [0.1, 0.15) is 11.6 Å². The number of aromatic nitrogens is 4. The van der Waals surface area contributed by atoms with Crippen LogP contribution < -0.4 is 20.9 Å². The van der Waals surface area contributed by atoms with Crippen LogP contribution in [-0.2, 0) is 4.74 Å². The summed E-state index contributed by atoms with van der Waals surface area (Å²) in [5, 5.41) is 9.99. The maximum Gasteiger partial charge on any atom is 0.319 e. The molecule has 42 heavy (non-hydrogen) atoms. The smallest absolute Gasteiger partial charge is 0.319 e. The first-order chi connectivity index (χ1) is 20.4. The number of amides is 2. The van der Waals surface area contributed by atoms with Gasteiger partial charge in [-0.3, -0.25) is 4.57 Å². The minimum atomic E-state index is -2.78. The van der Waals surface area contributed by atoms with Crippen molar-refractivity contribution in [3.05, 3.63) is 65.4 Å². The lowest BCUT2D eigenvalue weighted by molar-refractivity contribution is 0.122. The van der Waals surface area contributed by atoms with Gasteiger partial charge in [0.15, 0.2) is 5.82 Å². The van der Waals surface area contributed by atoms with Crippen molar-refractivity contribution in [1.82, 2.24) is 24.8 Å². The van der Waals surface area contributed by atoms with Gasteiger partial charge in [-0.15, -0.1) is 0 Å². The normalized spacial score (nSPS) is 19.2. The van der Waals surface area contributed by atoms with Crippen LogP contribution in [0.3, 0.4) is 0 Å². The summed E-state index contributed by atoms with van der Waals surface area (Å²) in [5.41, 5.74) is 1.69. The van der Waals surface area contributed by atoms with Gasteiger partial charge in [0, 0.05) is 41.9 Å². The molecule has 13 heteroatoms. The van der Waals surface area contributed by atoms with Crippen LogP contribution in [-0.4, -0.2) is 63.9 Å². The number of rotatable bonds is 7. The van der Waals surface area contributed by atoms with E-state index in [-0.39, 0.29) is 23.9 Å². The van der Waals surface area contributed by atoms with E-state index in [2.05, 4.69) is 20.9 Å². The molecule has 1 aliphatic carbocycles. The molecule has 1 saturated carbocycles. The Bertz CT molecular complexity index is 1540. The highest BCUT2D eigenvalue weighted by Crippen LogP contribution is 2.30. The van der Waals surface area contributed by atoms with Crippen molar-refractivity contribution in [2.24, 2.45) is 0 Å². The van der Waals surface area contributed by atoms with Crippen molar-refractivity contribution in [1.29, 1.82) is 0 Å². The fourth-order valence-corrected chi connectivity index (χ4v) is 5.55. The molecule has 2 aliphatic rings. The molecule has 0 radical (unpaired) electrons. The average molecular weight is 597 g/mol. The quantitative estimate of drug-likeness (QED) is 0.248. The van der Waals surface area contributed by atoms with Gasteiger partial charge >= 0.3 is 6.03 Å². The van der Waals surface area contributed by atoms with Crippen LogP contribution in [0.5, 0.6) is 0 Å². The second-order valence-electron chi connectivity index (χ2n) is 10.4. The Labute approximate surface area is 246 Å². The molecule has 1 aliphatic heterocycles. The molecular weight excluding hydrogens is 566 g/mol. The van der Waals surface area contributed by atoms with Crippen molar-refractivity contribution in [2.45, 2.75) is 44.2 Å². The van der Waals surface area contributed by atoms with Crippen molar-refractivity contribution >= 4 is 46.1 Å². The molecule has 0 atom stereocenters. The van der Waals surface area contributed by atoms with Crippen LogP contribution in [0.4, 0.5) is 31.0 Å². The largest absolute Gasteiger partial charge is 0.378 e. The summed E-state index contributed by atoms with van der Waals surface area (Å²) in [5.74, 6) is 0.964. The zero-order valence-electron chi connectivity index (χ0n) is 22.8. The number of alkyl halides is 2. The first-order valence-electron chi connectivity index (χ1n) is 14.0. The minimum absolute atomic E-state index is 0.0335. The van der Waals surface area contributed by atoms with Crippen molar-refractivity contribution in [3.63, 3.8) is 0 Å². The standard InChI is InChI=1S/C29H31ClF2N8O2/c30-18-5-7-20(8-6-18)34-29(41)35-21-11-9-19(10-12-21)33-24-17-25(38-28(37-24)39-13-15-42-16-14-39)40-23-4-2-1-3-22(23)36-27(40)26(31)32/h1-8,17,19,21,26H,9-16H2,(H,33,37,38)(H2,34,35,41). The van der Waals surface area contributed by atoms with Crippen LogP contribution in [0.15, 0.2) is 54.6 Å². The van der Waals surface area contributed by atoms with E-state index in [0.717, 1.165) is 25.7 Å². The number of anilines is 3. The van der Waals surface area contributed by atoms with Gasteiger partial charge in [-0.2, -0.15) is 9.97 Å². The molecule has 3 heterocycles. The van der Waals surface area contributed by atoms with Gasteiger partial charge in [0.2, 0.25) is 5.95 Å². The number of nitrogens with zero attached hydrogens (tertiary/aromatic N) is 5. The van der Waals surface area contributed by atoms with E-state index in [0.29, 0.717) is 65.6 Å². The zero-order valence-corrected chi connectivity index (χ0v) is 23.5. The Morgan fingerprint density at radius 3 is 2.40 bits per heavy atom. The molecule has 0 spiro atoms. The monoisotopic (exact) mass is 596 g/mol. The molecule has 2 fully saturated rings. The number of hydrogen-bond acceptors (Lipinski definition) is 7. The number of halogens is 3. The molecule has 2 amide bonds. The minimum Gasteiger partial charge on any atom is -0.378 e. The second kappa shape index (κ2) is 12.5. The fraction of sp³-hybridized carbons (Fsp3) is 0.379. The Morgan fingerprint density at radius 1 is 0.952 bits per heavy atom. The molecule has 1 saturated heterocycles. The lowest BCUT2D eigenvalue weighted by Gasteiger charge is -2.31. The van der Waals surface area contributed by atoms with E-state index in [4.69, 9.17) is 26.3 Å². The van der Waals surface area contributed by atoms with E-state index in [1.165, 1.54) is 4.57 Å². The third-order valence-electron chi connectivity index (χ3n) is 7.52. The van der Waals surface area contributed by atoms with E-state index >= 15 is 0 Å². The van der Waals surface area contributed by atoms with Crippen LogP contribution >= 0.6 is 11.6 Å². The summed E-state index contributed by atoms with van der Waals surface area (Å²) >= 11 is 5.92. The average Bonchev–Trinajstić information content (AvgIpc) is 3.40. The number of para-hydroxylation sites is 2. The summed E-state index contributed by atoms with van der Waals surface area (Å²) in [6, 6.07) is 15.6. The van der Waals surface area contributed by atoms with Crippen LogP contribution in [0.1, 0.15) is 37.9 Å². The molecule has 4 aromatic rings. The van der Waals surface area contributed by atoms with Crippen molar-refractivity contribution in [2.75, 3.05) is 41.8 Å². The number of carbonyl (C=O) groups excluding carboxylic acids is 1. The number of imidazole rings is 1. The number of hydrogen-bond donors (Lipinski definition) is 3. The summed E-state index contributed by atoms with van der Waals surface area (Å²) in [6.45, 7) is 2.28. The number of urea groups is 1. The predicted molar refractivity (Wildman–Crippen MR) is 158 cm³/mol. The molecule has 2 aromatic heterocycles. The zero-order chi connectivity index (χ0) is 29.1. The third kappa shape index (κ3) is 6.39. The number of morpholine rings is 1. The molecule has 3 N–H and O–H groups in total. The summed E-state index contributed by atoms with van der Waals surface area (Å²) in [6.07, 6.45) is 0.377. The third-order valence-corrected chi connectivity index (χ3v) is 7.77. The van der Waals surface area contributed by atoms with Crippen LogP contribution in [0, 0.1) is 0 Å². The number of carbonyl (C=O) groups is 1. The van der Waals surface area contributed by atoms with Gasteiger partial charge in [0.25, 0.3) is 6.43 Å². The topological polar surface area (TPSA) is 109 Å². The van der Waals surface area contributed by atoms with Crippen molar-refractivity contribution < 1.29 is 18.3 Å². The first kappa shape index (κ1) is 28.1. The molecule has 0 bridgehead atoms. The van der Waals surface area contributed by atoms with E-state index in [9.17, 15) is 13.6 Å². The van der Waals surface area contributed by atoms with E-state index in [1.54, 1.807) is 54.6 Å². The molecule has 2 aromatic carbocycles. The van der Waals surface area contributed by atoms with E-state index in [1.807, 2.05) is 4.90 Å². The Hall–Kier alpha value is -4.03. The summed E-state index contributed by atoms with van der Waals surface area (Å²) in [4.78, 5) is 28.2. The highest BCUT2D eigenvalue weighted by molar-refractivity contribution is 6.30. The summed E-state index contributed by atoms with van der Waals surface area (Å²) < 4.78 is 35.2. The number of ether oxygens (including phenoxy) is 1. The van der Waals surface area contributed by atoms with Gasteiger partial charge < -0.3 is 25.6 Å². The van der Waals surface area contributed by atoms with Crippen LogP contribution in [0.25, 0.3) is 16.9 Å². The number of nitrogens with one attached hydrogen (secondary N) is 3. The van der Waals surface area contributed by atoms with Gasteiger partial charge in [-0.1, -0.05) is 23.7 Å². The molecular formula is C29H31ClF2N8O2. The lowest BCUT2D eigenvalue weighted by atomic mass is 9.91. The van der Waals surface area contributed by atoms with Gasteiger partial charge in [-0.05, 0) is 62.1 Å². The first-order valence-corrected chi connectivity index (χ1v) is 14.4. The Morgan fingerprint density at radius 2 is 1.67 bits per heavy atom. The maximum atomic E-state index is 14.1. The Kier molecular flexibility index (Phi) is 8.34. The molecule has 6 rings (SSSR count). The van der Waals surface area contributed by atoms with Crippen molar-refractivity contribution in [3.8, 4) is 5.82 Å². The van der Waals surface area contributed by atoms with E-state index < -0.39 is 6.43 Å².